The molecule has 59 heavy (non-hydrogen) atoms. The molecule has 2 aliphatic heterocycles. The number of primary amides is 1. The van der Waals surface area contributed by atoms with Gasteiger partial charge in [0.15, 0.2) is 0 Å². The highest BCUT2D eigenvalue weighted by Crippen LogP contribution is 2.55. The predicted molar refractivity (Wildman–Crippen MR) is 226 cm³/mol. The molecule has 4 bridgehead atoms. The molecular weight excluding hydrogens is 733 g/mol. The van der Waals surface area contributed by atoms with Crippen LogP contribution in [0, 0.1) is 25.2 Å². The summed E-state index contributed by atoms with van der Waals surface area (Å²) in [5.41, 5.74) is 21.0. The molecule has 6 aromatic heterocycles. The molecule has 0 spiro atoms. The maximum atomic E-state index is 11.8. The van der Waals surface area contributed by atoms with Crippen molar-refractivity contribution in [2.24, 2.45) is 5.73 Å². The molecule has 8 aromatic rings. The third-order valence-corrected chi connectivity index (χ3v) is 12.9. The molecule has 4 aliphatic rings. The molecule has 2 N–H and O–H groups in total. The van der Waals surface area contributed by atoms with Crippen molar-refractivity contribution < 1.29 is 4.79 Å². The molecular formula is C48H40N10O. The fourth-order valence-electron chi connectivity index (χ4n) is 10.3. The Morgan fingerprint density at radius 1 is 0.678 bits per heavy atom. The number of rotatable bonds is 5. The van der Waals surface area contributed by atoms with Gasteiger partial charge in [-0.1, -0.05) is 12.1 Å². The maximum absolute atomic E-state index is 11.8. The van der Waals surface area contributed by atoms with Crippen molar-refractivity contribution >= 4 is 27.7 Å². The van der Waals surface area contributed by atoms with E-state index in [4.69, 9.17) is 25.9 Å². The van der Waals surface area contributed by atoms with Crippen LogP contribution < -0.4 is 5.73 Å². The number of carbonyl (C=O) groups is 1. The Morgan fingerprint density at radius 3 is 1.71 bits per heavy atom. The Kier molecular flexibility index (Phi) is 8.05. The van der Waals surface area contributed by atoms with Gasteiger partial charge in [0.2, 0.25) is 5.91 Å². The second kappa shape index (κ2) is 13.5. The topological polar surface area (TPSA) is 154 Å². The molecule has 8 heterocycles. The molecule has 0 radical (unpaired) electrons. The van der Waals surface area contributed by atoms with E-state index in [-0.39, 0.29) is 0 Å². The van der Waals surface area contributed by atoms with Crippen LogP contribution in [-0.4, -0.2) is 45.4 Å². The van der Waals surface area contributed by atoms with E-state index in [2.05, 4.69) is 31.5 Å². The fraction of sp³-hybridized carbons (Fsp3) is 0.250. The summed E-state index contributed by atoms with van der Waals surface area (Å²) in [7, 11) is 0. The zero-order valence-corrected chi connectivity index (χ0v) is 32.8. The zero-order valence-electron chi connectivity index (χ0n) is 32.8. The number of pyridine rings is 4. The lowest BCUT2D eigenvalue weighted by Gasteiger charge is -2.15. The predicted octanol–water partition coefficient (Wildman–Crippen LogP) is 9.55. The van der Waals surface area contributed by atoms with E-state index in [0.29, 0.717) is 35.0 Å². The van der Waals surface area contributed by atoms with Gasteiger partial charge < -0.3 is 5.73 Å². The van der Waals surface area contributed by atoms with Crippen molar-refractivity contribution in [2.75, 3.05) is 0 Å². The van der Waals surface area contributed by atoms with Crippen molar-refractivity contribution in [1.82, 2.24) is 39.5 Å². The third kappa shape index (κ3) is 5.65. The van der Waals surface area contributed by atoms with E-state index in [9.17, 15) is 10.1 Å². The summed E-state index contributed by atoms with van der Waals surface area (Å²) in [6.45, 7) is 4.01. The molecule has 2 saturated carbocycles. The number of nitriles is 1. The normalized spacial score (nSPS) is 19.4. The lowest BCUT2D eigenvalue weighted by molar-refractivity contribution is 0.100. The first-order valence-electron chi connectivity index (χ1n) is 20.4. The summed E-state index contributed by atoms with van der Waals surface area (Å²) < 4.78 is 4.48. The zero-order chi connectivity index (χ0) is 39.9. The maximum Gasteiger partial charge on any atom is 0.248 e. The fourth-order valence-corrected chi connectivity index (χ4v) is 10.3. The number of benzene rings is 2. The quantitative estimate of drug-likeness (QED) is 0.181. The summed E-state index contributed by atoms with van der Waals surface area (Å²) in [6.07, 6.45) is 10.8. The van der Waals surface area contributed by atoms with Crippen LogP contribution in [0.15, 0.2) is 97.3 Å². The lowest BCUT2D eigenvalue weighted by atomic mass is 9.91. The average molecular weight is 773 g/mol. The minimum absolute atomic E-state index is 0.438. The number of carbonyl (C=O) groups excluding carboxylic acids is 1. The van der Waals surface area contributed by atoms with E-state index < -0.39 is 5.91 Å². The Labute approximate surface area is 340 Å². The standard InChI is InChI=1S/C24H21N5O.C24H19N5/c1-13-3-2-4-20(27-13)22-21(23-14-5-7-16(11-14)29(23)28-22)17-9-10-26-19-8-6-15(24(25)30)12-18(17)19;1-14-3-2-4-21(27-14)23-22(24-16-6-7-17(12-16)29(24)28-23)18-9-10-26-20-8-5-15(13-25)11-19(18)20/h2-4,6,8-10,12,14,16H,5,7,11H2,1H3,(H2,25,30);2-5,8-11,16-17H,6-7,12H2,1H3. The van der Waals surface area contributed by atoms with E-state index >= 15 is 0 Å². The van der Waals surface area contributed by atoms with Crippen LogP contribution in [0.1, 0.15) is 101 Å². The van der Waals surface area contributed by atoms with Gasteiger partial charge >= 0.3 is 0 Å². The summed E-state index contributed by atoms with van der Waals surface area (Å²) in [5, 5.41) is 21.5. The Balaban J connectivity index is 0.000000135. The van der Waals surface area contributed by atoms with Gasteiger partial charge in [0.1, 0.15) is 11.4 Å². The van der Waals surface area contributed by atoms with Crippen molar-refractivity contribution in [3.63, 3.8) is 0 Å². The molecule has 0 saturated heterocycles. The second-order valence-electron chi connectivity index (χ2n) is 16.4. The lowest BCUT2D eigenvalue weighted by Crippen LogP contribution is -2.10. The summed E-state index contributed by atoms with van der Waals surface area (Å²) in [4.78, 5) is 30.4. The van der Waals surface area contributed by atoms with Gasteiger partial charge in [0.05, 0.1) is 57.5 Å². The molecule has 12 rings (SSSR count). The SMILES string of the molecule is Cc1cccc(-c2nn3c(c2-c2ccnc4ccc(C#N)cc24)C2CCC3C2)n1.Cc1cccc(-c2nn3c(c2-c2ccnc4ccc(C(N)=O)cc24)C2CCC3C2)n1. The van der Waals surface area contributed by atoms with Crippen LogP contribution in [0.5, 0.6) is 0 Å². The van der Waals surface area contributed by atoms with Gasteiger partial charge in [-0.3, -0.25) is 34.1 Å². The average Bonchev–Trinajstić information content (AvgIpc) is 4.12. The van der Waals surface area contributed by atoms with Gasteiger partial charge in [-0.2, -0.15) is 15.5 Å². The number of hydrogen-bond donors (Lipinski definition) is 1. The van der Waals surface area contributed by atoms with Crippen molar-refractivity contribution in [3.8, 4) is 51.1 Å². The highest BCUT2D eigenvalue weighted by atomic mass is 16.1. The largest absolute Gasteiger partial charge is 0.366 e. The van der Waals surface area contributed by atoms with Crippen molar-refractivity contribution in [3.05, 3.63) is 131 Å². The smallest absolute Gasteiger partial charge is 0.248 e. The number of aromatic nitrogens is 8. The summed E-state index contributed by atoms with van der Waals surface area (Å²) in [6, 6.07) is 30.6. The van der Waals surface area contributed by atoms with Crippen LogP contribution in [0.3, 0.4) is 0 Å². The van der Waals surface area contributed by atoms with Gasteiger partial charge in [-0.25, -0.2) is 0 Å². The number of amides is 1. The van der Waals surface area contributed by atoms with Gasteiger partial charge in [0.25, 0.3) is 0 Å². The van der Waals surface area contributed by atoms with Crippen LogP contribution in [0.4, 0.5) is 0 Å². The van der Waals surface area contributed by atoms with E-state index in [1.807, 2.05) is 99.0 Å². The monoisotopic (exact) mass is 772 g/mol. The Hall–Kier alpha value is -7.06. The van der Waals surface area contributed by atoms with Crippen LogP contribution in [-0.2, 0) is 0 Å². The first-order valence-corrected chi connectivity index (χ1v) is 20.4. The van der Waals surface area contributed by atoms with Gasteiger partial charge in [0, 0.05) is 63.1 Å². The molecule has 4 atom stereocenters. The van der Waals surface area contributed by atoms with E-state index in [1.54, 1.807) is 6.07 Å². The van der Waals surface area contributed by atoms with Gasteiger partial charge in [-0.15, -0.1) is 0 Å². The van der Waals surface area contributed by atoms with E-state index in [1.165, 1.54) is 43.5 Å². The van der Waals surface area contributed by atoms with Crippen LogP contribution in [0.2, 0.25) is 0 Å². The van der Waals surface area contributed by atoms with Crippen molar-refractivity contribution in [1.29, 1.82) is 5.26 Å². The molecule has 4 unspecified atom stereocenters. The molecule has 2 fully saturated rings. The number of nitrogens with zero attached hydrogens (tertiary/aromatic N) is 9. The second-order valence-corrected chi connectivity index (χ2v) is 16.4. The summed E-state index contributed by atoms with van der Waals surface area (Å²) in [5.74, 6) is 0.619. The van der Waals surface area contributed by atoms with Gasteiger partial charge in [-0.05, 0) is 136 Å². The molecule has 2 aromatic carbocycles. The molecule has 11 heteroatoms. The summed E-state index contributed by atoms with van der Waals surface area (Å²) >= 11 is 0. The van der Waals surface area contributed by atoms with E-state index in [0.717, 1.165) is 84.6 Å². The highest BCUT2D eigenvalue weighted by Gasteiger charge is 2.43. The Morgan fingerprint density at radius 2 is 1.20 bits per heavy atom. The minimum atomic E-state index is -0.438. The highest BCUT2D eigenvalue weighted by molar-refractivity contribution is 6.04. The molecule has 2 aliphatic carbocycles. The minimum Gasteiger partial charge on any atom is -0.366 e. The number of fused-ring (bicyclic) bond motifs is 12. The Bertz CT molecular complexity index is 3080. The third-order valence-electron chi connectivity index (χ3n) is 12.9. The first-order chi connectivity index (χ1) is 28.8. The molecule has 11 nitrogen and oxygen atoms in total. The number of hydrogen-bond acceptors (Lipinski definition) is 8. The first kappa shape index (κ1) is 35.1. The number of nitrogens with two attached hydrogens (primary N) is 1. The van der Waals surface area contributed by atoms with Crippen LogP contribution >= 0.6 is 0 Å². The van der Waals surface area contributed by atoms with Crippen molar-refractivity contribution in [2.45, 2.75) is 76.3 Å². The molecule has 288 valence electrons. The molecule has 1 amide bonds. The van der Waals surface area contributed by atoms with Crippen LogP contribution in [0.25, 0.3) is 66.8 Å². The number of aryl methyl sites for hydroxylation is 2.